The molecule has 1 atom stereocenters. The summed E-state index contributed by atoms with van der Waals surface area (Å²) < 4.78 is 16.9. The van der Waals surface area contributed by atoms with Crippen molar-refractivity contribution in [3.05, 3.63) is 97.2 Å². The molecule has 0 aromatic carbocycles. The predicted octanol–water partition coefficient (Wildman–Crippen LogP) is 22.8. The lowest BCUT2D eigenvalue weighted by Gasteiger charge is -2.18. The first-order valence-corrected chi connectivity index (χ1v) is 33.2. The molecule has 78 heavy (non-hydrogen) atoms. The molecule has 0 aromatic heterocycles. The maximum absolute atomic E-state index is 12.9. The average Bonchev–Trinajstić information content (AvgIpc) is 3.44. The van der Waals surface area contributed by atoms with E-state index in [1.807, 2.05) is 0 Å². The minimum atomic E-state index is -0.801. The van der Waals surface area contributed by atoms with Gasteiger partial charge < -0.3 is 14.2 Å². The molecule has 0 rings (SSSR count). The fourth-order valence-electron chi connectivity index (χ4n) is 9.43. The highest BCUT2D eigenvalue weighted by atomic mass is 16.6. The van der Waals surface area contributed by atoms with Gasteiger partial charge in [-0.2, -0.15) is 0 Å². The van der Waals surface area contributed by atoms with Crippen LogP contribution in [-0.4, -0.2) is 37.2 Å². The molecule has 0 aliphatic carbocycles. The van der Waals surface area contributed by atoms with Crippen molar-refractivity contribution in [1.29, 1.82) is 0 Å². The molecule has 0 heterocycles. The minimum Gasteiger partial charge on any atom is -0.462 e. The molecule has 0 saturated heterocycles. The van der Waals surface area contributed by atoms with E-state index >= 15 is 0 Å². The van der Waals surface area contributed by atoms with Crippen molar-refractivity contribution < 1.29 is 28.6 Å². The molecular weight excluding hydrogens is 961 g/mol. The highest BCUT2D eigenvalue weighted by Crippen LogP contribution is 2.17. The molecule has 0 amide bonds. The zero-order valence-electron chi connectivity index (χ0n) is 51.4. The van der Waals surface area contributed by atoms with Gasteiger partial charge in [0, 0.05) is 19.3 Å². The SMILES string of the molecule is CC/C=C\C/C=C\C/C=C\C/C=C\C/C=C\CCCCCC(=O)OC(COC(=O)CCCCCCCCC/C=C\C/C=C\C/C=C\CC)COC(=O)CCCCCCCCCCCCCCCCCCCCCCCCCC. The molecule has 0 spiro atoms. The summed E-state index contributed by atoms with van der Waals surface area (Å²) in [6.45, 7) is 6.42. The van der Waals surface area contributed by atoms with Gasteiger partial charge in [-0.25, -0.2) is 0 Å². The first-order valence-electron chi connectivity index (χ1n) is 33.2. The van der Waals surface area contributed by atoms with Crippen LogP contribution in [0, 0.1) is 0 Å². The van der Waals surface area contributed by atoms with Gasteiger partial charge in [0.1, 0.15) is 13.2 Å². The number of hydrogen-bond acceptors (Lipinski definition) is 6. The smallest absolute Gasteiger partial charge is 0.306 e. The summed E-state index contributed by atoms with van der Waals surface area (Å²) in [7, 11) is 0. The second-order valence-electron chi connectivity index (χ2n) is 22.0. The number of hydrogen-bond donors (Lipinski definition) is 0. The number of unbranched alkanes of at least 4 members (excludes halogenated alkanes) is 33. The van der Waals surface area contributed by atoms with E-state index < -0.39 is 6.10 Å². The Morgan fingerprint density at radius 1 is 0.269 bits per heavy atom. The molecule has 0 fully saturated rings. The lowest BCUT2D eigenvalue weighted by molar-refractivity contribution is -0.167. The van der Waals surface area contributed by atoms with Gasteiger partial charge in [0.15, 0.2) is 6.10 Å². The molecule has 0 radical (unpaired) electrons. The van der Waals surface area contributed by atoms with Gasteiger partial charge >= 0.3 is 17.9 Å². The first-order chi connectivity index (χ1) is 38.5. The van der Waals surface area contributed by atoms with Crippen molar-refractivity contribution in [2.24, 2.45) is 0 Å². The molecule has 0 aliphatic rings. The van der Waals surface area contributed by atoms with Gasteiger partial charge in [-0.15, -0.1) is 0 Å². The fourth-order valence-corrected chi connectivity index (χ4v) is 9.43. The number of rotatable bonds is 60. The van der Waals surface area contributed by atoms with Crippen LogP contribution in [-0.2, 0) is 28.6 Å². The van der Waals surface area contributed by atoms with Crippen molar-refractivity contribution in [3.63, 3.8) is 0 Å². The number of allylic oxidation sites excluding steroid dienone is 16. The first kappa shape index (κ1) is 74.3. The Morgan fingerprint density at radius 3 is 0.795 bits per heavy atom. The third kappa shape index (κ3) is 63.2. The summed E-state index contributed by atoms with van der Waals surface area (Å²) in [5.74, 6) is -0.922. The van der Waals surface area contributed by atoms with Crippen molar-refractivity contribution >= 4 is 17.9 Å². The Bertz CT molecular complexity index is 1530. The normalized spacial score (nSPS) is 12.7. The number of esters is 3. The van der Waals surface area contributed by atoms with Crippen molar-refractivity contribution in [2.75, 3.05) is 13.2 Å². The molecule has 6 heteroatoms. The standard InChI is InChI=1S/C72H124O6/c1-4-7-10-13-16-19-22-25-28-31-33-34-35-36-37-39-41-44-47-50-53-56-59-62-65-71(74)77-68-69(67-76-70(73)64-61-58-55-52-49-46-43-40-30-27-24-21-18-15-12-9-6-3)78-72(75)66-63-60-57-54-51-48-45-42-38-32-29-26-23-20-17-14-11-8-5-2/h8-9,11-12,17-18,20-21,26-27,29-30,38,42,48,51,69H,4-7,10,13-16,19,22-25,28,31-37,39-41,43-47,49-50,52-68H2,1-3H3/b11-8-,12-9-,20-17-,21-18-,29-26-,30-27-,42-38-,51-48-. The van der Waals surface area contributed by atoms with Crippen molar-refractivity contribution in [2.45, 2.75) is 329 Å². The van der Waals surface area contributed by atoms with Crippen LogP contribution in [0.1, 0.15) is 323 Å². The highest BCUT2D eigenvalue weighted by Gasteiger charge is 2.19. The molecular formula is C72H124O6. The van der Waals surface area contributed by atoms with Gasteiger partial charge in [0.25, 0.3) is 0 Å². The average molecular weight is 1090 g/mol. The molecule has 1 unspecified atom stereocenters. The van der Waals surface area contributed by atoms with E-state index in [2.05, 4.69) is 118 Å². The van der Waals surface area contributed by atoms with Gasteiger partial charge in [-0.3, -0.25) is 14.4 Å². The quantitative estimate of drug-likeness (QED) is 0.0261. The Hall–Kier alpha value is -3.67. The largest absolute Gasteiger partial charge is 0.462 e. The van der Waals surface area contributed by atoms with Gasteiger partial charge in [0.05, 0.1) is 0 Å². The second-order valence-corrected chi connectivity index (χ2v) is 22.0. The van der Waals surface area contributed by atoms with Gasteiger partial charge in [-0.05, 0) is 96.3 Å². The minimum absolute atomic E-state index is 0.0922. The van der Waals surface area contributed by atoms with E-state index in [0.717, 1.165) is 122 Å². The predicted molar refractivity (Wildman–Crippen MR) is 339 cm³/mol. The molecule has 0 aliphatic heterocycles. The summed E-state index contributed by atoms with van der Waals surface area (Å²) in [5, 5.41) is 0. The van der Waals surface area contributed by atoms with E-state index in [9.17, 15) is 14.4 Å². The number of ether oxygens (including phenoxy) is 3. The van der Waals surface area contributed by atoms with Crippen LogP contribution >= 0.6 is 0 Å². The van der Waals surface area contributed by atoms with Crippen LogP contribution in [0.4, 0.5) is 0 Å². The lowest BCUT2D eigenvalue weighted by Crippen LogP contribution is -2.30. The summed E-state index contributed by atoms with van der Waals surface area (Å²) in [6.07, 6.45) is 88.5. The summed E-state index contributed by atoms with van der Waals surface area (Å²) >= 11 is 0. The molecule has 0 aromatic rings. The number of carbonyl (C=O) groups excluding carboxylic acids is 3. The Balaban J connectivity index is 4.38. The Morgan fingerprint density at radius 2 is 0.500 bits per heavy atom. The molecule has 0 N–H and O–H groups in total. The molecule has 0 saturated carbocycles. The third-order valence-corrected chi connectivity index (χ3v) is 14.3. The zero-order valence-corrected chi connectivity index (χ0v) is 51.4. The Kier molecular flexibility index (Phi) is 62.7. The Labute approximate surface area is 483 Å². The van der Waals surface area contributed by atoms with Crippen LogP contribution in [0.5, 0.6) is 0 Å². The van der Waals surface area contributed by atoms with Crippen LogP contribution in [0.15, 0.2) is 97.2 Å². The summed E-state index contributed by atoms with van der Waals surface area (Å²) in [6, 6.07) is 0. The topological polar surface area (TPSA) is 78.9 Å². The van der Waals surface area contributed by atoms with Gasteiger partial charge in [0.2, 0.25) is 0 Å². The van der Waals surface area contributed by atoms with E-state index in [1.165, 1.54) is 161 Å². The summed E-state index contributed by atoms with van der Waals surface area (Å²) in [5.41, 5.74) is 0. The second kappa shape index (κ2) is 65.8. The van der Waals surface area contributed by atoms with Crippen LogP contribution in [0.25, 0.3) is 0 Å². The van der Waals surface area contributed by atoms with Crippen LogP contribution in [0.2, 0.25) is 0 Å². The molecule has 6 nitrogen and oxygen atoms in total. The lowest BCUT2D eigenvalue weighted by atomic mass is 10.0. The monoisotopic (exact) mass is 1080 g/mol. The van der Waals surface area contributed by atoms with Crippen molar-refractivity contribution in [1.82, 2.24) is 0 Å². The summed E-state index contributed by atoms with van der Waals surface area (Å²) in [4.78, 5) is 38.4. The van der Waals surface area contributed by atoms with E-state index in [-0.39, 0.29) is 37.5 Å². The van der Waals surface area contributed by atoms with E-state index in [1.54, 1.807) is 0 Å². The zero-order chi connectivity index (χ0) is 56.4. The van der Waals surface area contributed by atoms with Crippen LogP contribution in [0.3, 0.4) is 0 Å². The third-order valence-electron chi connectivity index (χ3n) is 14.3. The number of carbonyl (C=O) groups is 3. The van der Waals surface area contributed by atoms with Gasteiger partial charge in [-0.1, -0.05) is 304 Å². The maximum atomic E-state index is 12.9. The maximum Gasteiger partial charge on any atom is 0.306 e. The fraction of sp³-hybridized carbons (Fsp3) is 0.736. The van der Waals surface area contributed by atoms with Crippen molar-refractivity contribution in [3.8, 4) is 0 Å². The molecule has 448 valence electrons. The molecule has 0 bridgehead atoms. The van der Waals surface area contributed by atoms with E-state index in [4.69, 9.17) is 14.2 Å². The highest BCUT2D eigenvalue weighted by molar-refractivity contribution is 5.71. The van der Waals surface area contributed by atoms with Crippen LogP contribution < -0.4 is 0 Å². The van der Waals surface area contributed by atoms with E-state index in [0.29, 0.717) is 12.8 Å².